The van der Waals surface area contributed by atoms with Crippen molar-refractivity contribution in [3.05, 3.63) is 67.8 Å². The number of aryl methyl sites for hydroxylation is 1. The number of hydrogen-bond acceptors (Lipinski definition) is 5. The number of allylic oxidation sites excluding steroid dienone is 3. The Labute approximate surface area is 208 Å². The lowest BCUT2D eigenvalue weighted by atomic mass is 9.75. The van der Waals surface area contributed by atoms with Crippen LogP contribution in [0.1, 0.15) is 48.1 Å². The maximum Gasteiger partial charge on any atom is 0.416 e. The average molecular weight is 527 g/mol. The Hall–Kier alpha value is -2.23. The van der Waals surface area contributed by atoms with Gasteiger partial charge in [-0.25, -0.2) is 0 Å². The zero-order valence-electron chi connectivity index (χ0n) is 18.7. The van der Waals surface area contributed by atoms with Crippen LogP contribution in [0.2, 0.25) is 5.02 Å². The van der Waals surface area contributed by atoms with Gasteiger partial charge < -0.3 is 10.6 Å². The number of Topliss-reactive ketones (excluding diaryl/α,β-unsaturated/α-hetero) is 1. The molecule has 4 nitrogen and oxygen atoms in total. The van der Waals surface area contributed by atoms with Crippen molar-refractivity contribution in [2.45, 2.75) is 49.4 Å². The van der Waals surface area contributed by atoms with E-state index in [1.807, 2.05) is 19.2 Å². The molecule has 4 rings (SSSR count). The van der Waals surface area contributed by atoms with Crippen molar-refractivity contribution < 1.29 is 22.8 Å². The van der Waals surface area contributed by atoms with Gasteiger partial charge in [-0.3, -0.25) is 9.59 Å². The summed E-state index contributed by atoms with van der Waals surface area (Å²) in [4.78, 5) is 27.7. The summed E-state index contributed by atoms with van der Waals surface area (Å²) in [6, 6.07) is 4.78. The first kappa shape index (κ1) is 24.9. The number of halogens is 4. The maximum atomic E-state index is 13.6. The second-order valence-electron chi connectivity index (χ2n) is 8.22. The van der Waals surface area contributed by atoms with Crippen LogP contribution >= 0.6 is 34.7 Å². The van der Waals surface area contributed by atoms with Crippen LogP contribution in [-0.4, -0.2) is 17.9 Å². The molecule has 2 N–H and O–H groups in total. The first-order chi connectivity index (χ1) is 16.0. The van der Waals surface area contributed by atoms with E-state index in [4.69, 9.17) is 11.6 Å². The van der Waals surface area contributed by atoms with E-state index in [1.165, 1.54) is 0 Å². The molecule has 2 aromatic rings. The molecule has 10 heteroatoms. The van der Waals surface area contributed by atoms with E-state index in [2.05, 4.69) is 10.6 Å². The quantitative estimate of drug-likeness (QED) is 0.419. The third kappa shape index (κ3) is 4.65. The van der Waals surface area contributed by atoms with Crippen molar-refractivity contribution in [3.63, 3.8) is 0 Å². The molecule has 1 amide bonds. The van der Waals surface area contributed by atoms with Crippen molar-refractivity contribution in [1.82, 2.24) is 5.32 Å². The molecule has 0 spiro atoms. The molecule has 1 aromatic carbocycles. The topological polar surface area (TPSA) is 58.2 Å². The molecule has 1 aromatic heterocycles. The second kappa shape index (κ2) is 9.43. The average Bonchev–Trinajstić information content (AvgIpc) is 3.14. The van der Waals surface area contributed by atoms with Gasteiger partial charge in [0.05, 0.1) is 20.5 Å². The Bertz CT molecular complexity index is 1250. The maximum absolute atomic E-state index is 13.6. The fourth-order valence-electron chi connectivity index (χ4n) is 4.46. The predicted molar refractivity (Wildman–Crippen MR) is 130 cm³/mol. The molecule has 2 heterocycles. The van der Waals surface area contributed by atoms with Gasteiger partial charge in [0.15, 0.2) is 5.78 Å². The van der Waals surface area contributed by atoms with Gasteiger partial charge >= 0.3 is 6.18 Å². The minimum absolute atomic E-state index is 0.00949. The summed E-state index contributed by atoms with van der Waals surface area (Å²) in [6.45, 7) is 3.71. The van der Waals surface area contributed by atoms with Crippen LogP contribution in [0.3, 0.4) is 0 Å². The molecule has 1 unspecified atom stereocenters. The highest BCUT2D eigenvalue weighted by atomic mass is 35.5. The van der Waals surface area contributed by atoms with Gasteiger partial charge in [0.2, 0.25) is 0 Å². The number of carbonyl (C=O) groups excluding carboxylic acids is 2. The first-order valence-corrected chi connectivity index (χ1v) is 13.0. The first-order valence-electron chi connectivity index (χ1n) is 10.6. The third-order valence-electron chi connectivity index (χ3n) is 5.91. The molecule has 34 heavy (non-hydrogen) atoms. The van der Waals surface area contributed by atoms with Gasteiger partial charge in [-0.15, -0.1) is 23.1 Å². The monoisotopic (exact) mass is 526 g/mol. The number of thiophene rings is 1. The number of nitrogens with one attached hydrogen (secondary N) is 2. The highest BCUT2D eigenvalue weighted by Gasteiger charge is 2.40. The number of rotatable bonds is 4. The van der Waals surface area contributed by atoms with Crippen molar-refractivity contribution in [1.29, 1.82) is 0 Å². The van der Waals surface area contributed by atoms with Gasteiger partial charge in [0.1, 0.15) is 0 Å². The number of benzene rings is 1. The highest BCUT2D eigenvalue weighted by molar-refractivity contribution is 8.00. The van der Waals surface area contributed by atoms with Gasteiger partial charge in [0.25, 0.3) is 5.91 Å². The smallest absolute Gasteiger partial charge is 0.362 e. The number of thioether (sulfide) groups is 1. The van der Waals surface area contributed by atoms with E-state index in [-0.39, 0.29) is 16.5 Å². The van der Waals surface area contributed by atoms with Gasteiger partial charge in [-0.2, -0.15) is 13.2 Å². The van der Waals surface area contributed by atoms with Gasteiger partial charge in [-0.05, 0) is 62.8 Å². The second-order valence-corrected chi connectivity index (χ2v) is 11.0. The molecule has 180 valence electrons. The van der Waals surface area contributed by atoms with Crippen LogP contribution in [0, 0.1) is 6.92 Å². The third-order valence-corrected chi connectivity index (χ3v) is 8.45. The largest absolute Gasteiger partial charge is 0.416 e. The fraction of sp³-hybridized carbons (Fsp3) is 0.333. The van der Waals surface area contributed by atoms with E-state index in [1.54, 1.807) is 30.0 Å². The van der Waals surface area contributed by atoms with Crippen molar-refractivity contribution in [2.75, 3.05) is 11.6 Å². The summed E-state index contributed by atoms with van der Waals surface area (Å²) in [7, 11) is 0. The Morgan fingerprint density at radius 2 is 1.97 bits per heavy atom. The standard InChI is InChI=1S/C24H22ClF3N2O2S2/c1-11-9-14(23(33-3)34-11)20-19(12(2)29-16-5-4-6-18(31)21(16)20)22(32)30-17-10-13(24(26,27)28)7-8-15(17)25/h7-10,20,29H,4-6H2,1-3H3,(H,30,32). The SMILES string of the molecule is CSc1sc(C)cc1C1C(C(=O)Nc2cc(C(F)(F)F)ccc2Cl)=C(C)NC2=C1C(=O)CCC2. The summed E-state index contributed by atoms with van der Waals surface area (Å²) in [5.41, 5.74) is 2.04. The van der Waals surface area contributed by atoms with Gasteiger partial charge in [0, 0.05) is 39.8 Å². The van der Waals surface area contributed by atoms with Crippen molar-refractivity contribution >= 4 is 52.1 Å². The minimum atomic E-state index is -4.58. The van der Waals surface area contributed by atoms with Gasteiger partial charge in [-0.1, -0.05) is 11.6 Å². The lowest BCUT2D eigenvalue weighted by Gasteiger charge is -2.34. The highest BCUT2D eigenvalue weighted by Crippen LogP contribution is 2.47. The molecular formula is C24H22ClF3N2O2S2. The van der Waals surface area contributed by atoms with Crippen LogP contribution in [0.25, 0.3) is 0 Å². The van der Waals surface area contributed by atoms with E-state index in [0.29, 0.717) is 29.7 Å². The molecule has 0 bridgehead atoms. The Kier molecular flexibility index (Phi) is 6.90. The van der Waals surface area contributed by atoms with E-state index in [9.17, 15) is 22.8 Å². The van der Waals surface area contributed by atoms with Crippen LogP contribution < -0.4 is 10.6 Å². The normalized spacial score (nSPS) is 18.7. The van der Waals surface area contributed by atoms with Crippen LogP contribution in [-0.2, 0) is 15.8 Å². The minimum Gasteiger partial charge on any atom is -0.362 e. The summed E-state index contributed by atoms with van der Waals surface area (Å²) in [5.74, 6) is -1.23. The molecule has 2 aliphatic rings. The van der Waals surface area contributed by atoms with Crippen LogP contribution in [0.15, 0.2) is 51.0 Å². The number of alkyl halides is 3. The zero-order chi connectivity index (χ0) is 24.8. The molecule has 0 radical (unpaired) electrons. The lowest BCUT2D eigenvalue weighted by Crippen LogP contribution is -2.35. The molecule has 0 fully saturated rings. The molecule has 0 saturated carbocycles. The number of dihydropyridines is 1. The van der Waals surface area contributed by atoms with Crippen LogP contribution in [0.4, 0.5) is 18.9 Å². The predicted octanol–water partition coefficient (Wildman–Crippen LogP) is 7.06. The summed E-state index contributed by atoms with van der Waals surface area (Å²) in [5, 5.41) is 5.78. The molecule has 1 aliphatic carbocycles. The van der Waals surface area contributed by atoms with Crippen molar-refractivity contribution in [2.24, 2.45) is 0 Å². The Balaban J connectivity index is 1.81. The molecular weight excluding hydrogens is 505 g/mol. The molecule has 1 aliphatic heterocycles. The number of ketones is 1. The number of amides is 1. The van der Waals surface area contributed by atoms with Crippen molar-refractivity contribution in [3.8, 4) is 0 Å². The summed E-state index contributed by atoms with van der Waals surface area (Å²) < 4.78 is 40.7. The Morgan fingerprint density at radius 3 is 2.65 bits per heavy atom. The molecule has 0 saturated heterocycles. The zero-order valence-corrected chi connectivity index (χ0v) is 21.0. The lowest BCUT2D eigenvalue weighted by molar-refractivity contribution is -0.137. The number of carbonyl (C=O) groups is 2. The Morgan fingerprint density at radius 1 is 1.24 bits per heavy atom. The van der Waals surface area contributed by atoms with Crippen LogP contribution in [0.5, 0.6) is 0 Å². The van der Waals surface area contributed by atoms with E-state index >= 15 is 0 Å². The summed E-state index contributed by atoms with van der Waals surface area (Å²) in [6.07, 6.45) is -0.830. The number of hydrogen-bond donors (Lipinski definition) is 2. The molecule has 1 atom stereocenters. The summed E-state index contributed by atoms with van der Waals surface area (Å²) >= 11 is 9.25. The fourth-order valence-corrected chi connectivity index (χ4v) is 6.53. The van der Waals surface area contributed by atoms with E-state index < -0.39 is 23.6 Å². The van der Waals surface area contributed by atoms with E-state index in [0.717, 1.165) is 45.0 Å². The number of anilines is 1.